The second-order valence-electron chi connectivity index (χ2n) is 3.33. The van der Waals surface area contributed by atoms with Crippen molar-refractivity contribution in [2.45, 2.75) is 6.04 Å². The van der Waals surface area contributed by atoms with Crippen molar-refractivity contribution >= 4 is 29.3 Å². The van der Waals surface area contributed by atoms with Gasteiger partial charge in [-0.1, -0.05) is 17.7 Å². The van der Waals surface area contributed by atoms with Crippen molar-refractivity contribution in [3.63, 3.8) is 0 Å². The second-order valence-corrected chi connectivity index (χ2v) is 4.91. The average Bonchev–Trinajstić information content (AvgIpc) is 2.28. The van der Waals surface area contributed by atoms with Crippen LogP contribution in [0.15, 0.2) is 24.3 Å². The lowest BCUT2D eigenvalue weighted by Gasteiger charge is -2.07. The van der Waals surface area contributed by atoms with Crippen LogP contribution in [0.3, 0.4) is 0 Å². The van der Waals surface area contributed by atoms with Gasteiger partial charge in [0.05, 0.1) is 6.61 Å². The summed E-state index contributed by atoms with van der Waals surface area (Å²) in [6.07, 6.45) is 0. The number of hydrogen-bond donors (Lipinski definition) is 2. The van der Waals surface area contributed by atoms with Crippen molar-refractivity contribution < 1.29 is 14.6 Å². The number of carbonyl (C=O) groups is 1. The molecule has 1 aromatic rings. The highest BCUT2D eigenvalue weighted by molar-refractivity contribution is 7.99. The van der Waals surface area contributed by atoms with E-state index in [1.807, 2.05) is 12.1 Å². The number of thioether (sulfide) groups is 1. The molecule has 0 heterocycles. The minimum Gasteiger partial charge on any atom is -0.493 e. The first-order valence-corrected chi connectivity index (χ1v) is 6.57. The minimum atomic E-state index is -0.978. The van der Waals surface area contributed by atoms with E-state index in [9.17, 15) is 4.79 Å². The molecule has 0 aliphatic heterocycles. The van der Waals surface area contributed by atoms with Gasteiger partial charge in [-0.15, -0.1) is 0 Å². The van der Waals surface area contributed by atoms with Crippen LogP contribution in [0.2, 0.25) is 5.02 Å². The van der Waals surface area contributed by atoms with Gasteiger partial charge in [-0.25, -0.2) is 0 Å². The molecule has 0 spiro atoms. The summed E-state index contributed by atoms with van der Waals surface area (Å²) in [6.45, 7) is 0.497. The largest absolute Gasteiger partial charge is 0.493 e. The van der Waals surface area contributed by atoms with E-state index in [4.69, 9.17) is 27.2 Å². The predicted octanol–water partition coefficient (Wildman–Crippen LogP) is 1.86. The first-order chi connectivity index (χ1) is 8.09. The molecule has 0 aliphatic carbocycles. The highest BCUT2D eigenvalue weighted by Gasteiger charge is 2.10. The zero-order chi connectivity index (χ0) is 12.7. The number of aliphatic carboxylic acids is 1. The van der Waals surface area contributed by atoms with Crippen LogP contribution in [0.25, 0.3) is 0 Å². The van der Waals surface area contributed by atoms with E-state index >= 15 is 0 Å². The van der Waals surface area contributed by atoms with Gasteiger partial charge in [0.1, 0.15) is 11.8 Å². The third-order valence-electron chi connectivity index (χ3n) is 1.91. The van der Waals surface area contributed by atoms with Gasteiger partial charge in [0.15, 0.2) is 0 Å². The molecule has 6 heteroatoms. The fourth-order valence-electron chi connectivity index (χ4n) is 1.06. The summed E-state index contributed by atoms with van der Waals surface area (Å²) in [7, 11) is 0. The summed E-state index contributed by atoms with van der Waals surface area (Å²) >= 11 is 7.24. The summed E-state index contributed by atoms with van der Waals surface area (Å²) in [5.74, 6) is 0.802. The summed E-state index contributed by atoms with van der Waals surface area (Å²) in [5, 5.41) is 9.19. The van der Waals surface area contributed by atoms with Crippen molar-refractivity contribution in [1.82, 2.24) is 0 Å². The van der Waals surface area contributed by atoms with Gasteiger partial charge in [0.2, 0.25) is 0 Å². The van der Waals surface area contributed by atoms with E-state index in [1.165, 1.54) is 11.8 Å². The average molecular weight is 276 g/mol. The number of rotatable bonds is 7. The standard InChI is InChI=1S/C11H14ClNO3S/c12-8-2-1-3-9(6-8)16-4-5-17-7-10(13)11(14)15/h1-3,6,10H,4-5,7,13H2,(H,14,15)/t10-/m1/s1. The van der Waals surface area contributed by atoms with E-state index in [0.717, 1.165) is 0 Å². The molecule has 1 atom stereocenters. The molecule has 0 saturated heterocycles. The molecule has 0 unspecified atom stereocenters. The fourth-order valence-corrected chi connectivity index (χ4v) is 2.00. The van der Waals surface area contributed by atoms with E-state index in [1.54, 1.807) is 12.1 Å². The van der Waals surface area contributed by atoms with Crippen molar-refractivity contribution in [3.05, 3.63) is 29.3 Å². The Bertz CT molecular complexity index is 375. The topological polar surface area (TPSA) is 72.5 Å². The van der Waals surface area contributed by atoms with Crippen LogP contribution in [0, 0.1) is 0 Å². The van der Waals surface area contributed by atoms with Gasteiger partial charge >= 0.3 is 5.97 Å². The molecule has 1 rings (SSSR count). The molecule has 0 amide bonds. The molecule has 0 aliphatic rings. The van der Waals surface area contributed by atoms with Crippen LogP contribution in [0.5, 0.6) is 5.75 Å². The molecular weight excluding hydrogens is 262 g/mol. The number of nitrogens with two attached hydrogens (primary N) is 1. The SMILES string of the molecule is N[C@H](CSCCOc1cccc(Cl)c1)C(=O)O. The lowest BCUT2D eigenvalue weighted by molar-refractivity contribution is -0.137. The Hall–Kier alpha value is -0.910. The van der Waals surface area contributed by atoms with E-state index in [-0.39, 0.29) is 0 Å². The van der Waals surface area contributed by atoms with E-state index in [0.29, 0.717) is 28.9 Å². The molecule has 4 nitrogen and oxygen atoms in total. The molecule has 94 valence electrons. The van der Waals surface area contributed by atoms with Gasteiger partial charge in [-0.05, 0) is 18.2 Å². The zero-order valence-corrected chi connectivity index (χ0v) is 10.7. The van der Waals surface area contributed by atoms with Crippen LogP contribution in [0.4, 0.5) is 0 Å². The fraction of sp³-hybridized carbons (Fsp3) is 0.364. The van der Waals surface area contributed by atoms with Crippen LogP contribution in [-0.4, -0.2) is 35.2 Å². The summed E-state index contributed by atoms with van der Waals surface area (Å²) in [5.41, 5.74) is 5.35. The van der Waals surface area contributed by atoms with Gasteiger partial charge in [0, 0.05) is 16.5 Å². The Morgan fingerprint density at radius 3 is 3.00 bits per heavy atom. The first-order valence-electron chi connectivity index (χ1n) is 5.04. The highest BCUT2D eigenvalue weighted by Crippen LogP contribution is 2.17. The number of benzene rings is 1. The van der Waals surface area contributed by atoms with Crippen molar-refractivity contribution in [3.8, 4) is 5.75 Å². The second kappa shape index (κ2) is 7.42. The first kappa shape index (κ1) is 14.2. The van der Waals surface area contributed by atoms with Crippen LogP contribution < -0.4 is 10.5 Å². The molecule has 1 aromatic carbocycles. The lowest BCUT2D eigenvalue weighted by atomic mass is 10.3. The number of carboxylic acid groups (broad SMARTS) is 1. The third-order valence-corrected chi connectivity index (χ3v) is 3.19. The predicted molar refractivity (Wildman–Crippen MR) is 69.9 cm³/mol. The van der Waals surface area contributed by atoms with Crippen molar-refractivity contribution in [2.75, 3.05) is 18.1 Å². The molecule has 0 bridgehead atoms. The monoisotopic (exact) mass is 275 g/mol. The molecule has 0 fully saturated rings. The summed E-state index contributed by atoms with van der Waals surface area (Å²) in [4.78, 5) is 10.4. The minimum absolute atomic E-state index is 0.383. The lowest BCUT2D eigenvalue weighted by Crippen LogP contribution is -2.32. The molecule has 0 aromatic heterocycles. The highest BCUT2D eigenvalue weighted by atomic mass is 35.5. The number of hydrogen-bond acceptors (Lipinski definition) is 4. The normalized spacial score (nSPS) is 12.1. The van der Waals surface area contributed by atoms with Crippen LogP contribution in [0.1, 0.15) is 0 Å². The van der Waals surface area contributed by atoms with Gasteiger partial charge < -0.3 is 15.6 Å². The molecular formula is C11H14ClNO3S. The van der Waals surface area contributed by atoms with E-state index < -0.39 is 12.0 Å². The van der Waals surface area contributed by atoms with Gasteiger partial charge in [-0.3, -0.25) is 4.79 Å². The maximum absolute atomic E-state index is 10.4. The van der Waals surface area contributed by atoms with Crippen molar-refractivity contribution in [1.29, 1.82) is 0 Å². The summed E-state index contributed by atoms with van der Waals surface area (Å²) in [6, 6.07) is 6.32. The molecule has 3 N–H and O–H groups in total. The quantitative estimate of drug-likeness (QED) is 0.743. The van der Waals surface area contributed by atoms with Gasteiger partial charge in [0.25, 0.3) is 0 Å². The Balaban J connectivity index is 2.14. The Labute approximate surface area is 109 Å². The smallest absolute Gasteiger partial charge is 0.321 e. The third kappa shape index (κ3) is 5.81. The zero-order valence-electron chi connectivity index (χ0n) is 9.14. The molecule has 0 saturated carbocycles. The molecule has 17 heavy (non-hydrogen) atoms. The Morgan fingerprint density at radius 2 is 2.35 bits per heavy atom. The van der Waals surface area contributed by atoms with E-state index in [2.05, 4.69) is 0 Å². The number of halogens is 1. The van der Waals surface area contributed by atoms with Gasteiger partial charge in [-0.2, -0.15) is 11.8 Å². The van der Waals surface area contributed by atoms with Crippen LogP contribution >= 0.6 is 23.4 Å². The summed E-state index contributed by atoms with van der Waals surface area (Å²) < 4.78 is 5.44. The maximum atomic E-state index is 10.4. The number of ether oxygens (including phenoxy) is 1. The van der Waals surface area contributed by atoms with Crippen LogP contribution in [-0.2, 0) is 4.79 Å². The Kier molecular flexibility index (Phi) is 6.18. The molecule has 0 radical (unpaired) electrons. The number of carboxylic acids is 1. The Morgan fingerprint density at radius 1 is 1.59 bits per heavy atom. The maximum Gasteiger partial charge on any atom is 0.321 e. The van der Waals surface area contributed by atoms with Crippen molar-refractivity contribution in [2.24, 2.45) is 5.73 Å².